The van der Waals surface area contributed by atoms with Gasteiger partial charge in [0.25, 0.3) is 5.95 Å². The molecule has 0 amide bonds. The number of nitrogens with zero attached hydrogens (tertiary/aromatic N) is 2. The van der Waals surface area contributed by atoms with Crippen LogP contribution in [0.25, 0.3) is 0 Å². The molecule has 0 aromatic carbocycles. The first-order chi connectivity index (χ1) is 5.57. The minimum absolute atomic E-state index is 0.000200. The predicted molar refractivity (Wildman–Crippen MR) is 35.6 cm³/mol. The Morgan fingerprint density at radius 3 is 2.58 bits per heavy atom. The number of aromatic nitrogens is 2. The summed E-state index contributed by atoms with van der Waals surface area (Å²) in [6.07, 6.45) is -0.427. The van der Waals surface area contributed by atoms with Gasteiger partial charge >= 0.3 is 0 Å². The molecule has 66 valence electrons. The standard InChI is InChI=1S/C6H7F2N3O/c7-6(8)1-3(2-6)4-10-5(9)11-12-4/h3H,1-2H2,(H2,9,11). The van der Waals surface area contributed by atoms with Crippen LogP contribution in [0.4, 0.5) is 14.7 Å². The number of nitrogens with two attached hydrogens (primary N) is 1. The molecule has 1 aliphatic rings. The van der Waals surface area contributed by atoms with Crippen molar-refractivity contribution >= 4 is 5.95 Å². The minimum atomic E-state index is -2.56. The molecule has 0 saturated heterocycles. The molecule has 1 aliphatic carbocycles. The molecular formula is C6H7F2N3O. The molecule has 4 nitrogen and oxygen atoms in total. The molecule has 6 heteroatoms. The van der Waals surface area contributed by atoms with Gasteiger partial charge in [0.15, 0.2) is 0 Å². The minimum Gasteiger partial charge on any atom is -0.365 e. The first kappa shape index (κ1) is 7.45. The predicted octanol–water partition coefficient (Wildman–Crippen LogP) is 1.16. The lowest BCUT2D eigenvalue weighted by molar-refractivity contribution is -0.0925. The van der Waals surface area contributed by atoms with Gasteiger partial charge in [0.2, 0.25) is 11.8 Å². The molecule has 2 N–H and O–H groups in total. The summed E-state index contributed by atoms with van der Waals surface area (Å²) < 4.78 is 29.4. The average molecular weight is 175 g/mol. The summed E-state index contributed by atoms with van der Waals surface area (Å²) in [5, 5.41) is 3.31. The molecule has 1 heterocycles. The van der Waals surface area contributed by atoms with Gasteiger partial charge in [0, 0.05) is 18.8 Å². The van der Waals surface area contributed by atoms with Crippen LogP contribution in [-0.2, 0) is 0 Å². The fraction of sp³-hybridized carbons (Fsp3) is 0.667. The van der Waals surface area contributed by atoms with Gasteiger partial charge in [-0.1, -0.05) is 0 Å². The molecule has 0 spiro atoms. The Morgan fingerprint density at radius 1 is 1.50 bits per heavy atom. The SMILES string of the molecule is Nc1noc(C2CC(F)(F)C2)n1. The molecular weight excluding hydrogens is 168 g/mol. The van der Waals surface area contributed by atoms with E-state index in [2.05, 4.69) is 14.7 Å². The monoisotopic (exact) mass is 175 g/mol. The van der Waals surface area contributed by atoms with Gasteiger partial charge in [0.05, 0.1) is 0 Å². The second kappa shape index (κ2) is 2.15. The summed E-state index contributed by atoms with van der Waals surface area (Å²) in [6.45, 7) is 0. The molecule has 0 unspecified atom stereocenters. The first-order valence-electron chi connectivity index (χ1n) is 3.54. The van der Waals surface area contributed by atoms with E-state index in [9.17, 15) is 8.78 Å². The quantitative estimate of drug-likeness (QED) is 0.695. The molecule has 0 radical (unpaired) electrons. The van der Waals surface area contributed by atoms with Gasteiger partial charge in [0.1, 0.15) is 0 Å². The number of hydrogen-bond donors (Lipinski definition) is 1. The van der Waals surface area contributed by atoms with Crippen LogP contribution >= 0.6 is 0 Å². The number of hydrogen-bond acceptors (Lipinski definition) is 4. The van der Waals surface area contributed by atoms with Crippen molar-refractivity contribution in [2.45, 2.75) is 24.7 Å². The van der Waals surface area contributed by atoms with Crippen LogP contribution in [0.3, 0.4) is 0 Å². The van der Waals surface area contributed by atoms with Crippen LogP contribution in [0.15, 0.2) is 4.52 Å². The fourth-order valence-corrected chi connectivity index (χ4v) is 1.25. The van der Waals surface area contributed by atoms with Crippen LogP contribution in [-0.4, -0.2) is 16.1 Å². The maximum Gasteiger partial charge on any atom is 0.260 e. The molecule has 1 saturated carbocycles. The van der Waals surface area contributed by atoms with Crippen molar-refractivity contribution in [2.24, 2.45) is 0 Å². The van der Waals surface area contributed by atoms with E-state index < -0.39 is 5.92 Å². The maximum atomic E-state index is 12.4. The van der Waals surface area contributed by atoms with E-state index in [4.69, 9.17) is 5.73 Å². The zero-order chi connectivity index (χ0) is 8.77. The second-order valence-corrected chi connectivity index (χ2v) is 2.95. The Morgan fingerprint density at radius 2 is 2.17 bits per heavy atom. The van der Waals surface area contributed by atoms with Crippen molar-refractivity contribution in [3.63, 3.8) is 0 Å². The summed E-state index contributed by atoms with van der Waals surface area (Å²) in [5.41, 5.74) is 5.16. The highest BCUT2D eigenvalue weighted by molar-refractivity contribution is 5.14. The van der Waals surface area contributed by atoms with Crippen molar-refractivity contribution in [2.75, 3.05) is 5.73 Å². The first-order valence-corrected chi connectivity index (χ1v) is 3.54. The molecule has 0 atom stereocenters. The Hall–Kier alpha value is -1.20. The van der Waals surface area contributed by atoms with Crippen LogP contribution in [0.2, 0.25) is 0 Å². The van der Waals surface area contributed by atoms with E-state index in [-0.39, 0.29) is 30.6 Å². The second-order valence-electron chi connectivity index (χ2n) is 2.95. The fourth-order valence-electron chi connectivity index (χ4n) is 1.25. The molecule has 1 fully saturated rings. The van der Waals surface area contributed by atoms with Crippen molar-refractivity contribution in [3.8, 4) is 0 Å². The number of nitrogen functional groups attached to an aromatic ring is 1. The molecule has 0 aliphatic heterocycles. The van der Waals surface area contributed by atoms with Gasteiger partial charge in [-0.05, 0) is 5.16 Å². The summed E-state index contributed by atoms with van der Waals surface area (Å²) >= 11 is 0. The van der Waals surface area contributed by atoms with Crippen molar-refractivity contribution in [1.82, 2.24) is 10.1 Å². The van der Waals surface area contributed by atoms with Gasteiger partial charge in [-0.25, -0.2) is 8.78 Å². The zero-order valence-corrected chi connectivity index (χ0v) is 6.13. The zero-order valence-electron chi connectivity index (χ0n) is 6.13. The number of rotatable bonds is 1. The third-order valence-electron chi connectivity index (χ3n) is 1.90. The Bertz CT molecular complexity index is 291. The van der Waals surface area contributed by atoms with Gasteiger partial charge in [-0.15, -0.1) is 0 Å². The Balaban J connectivity index is 2.06. The van der Waals surface area contributed by atoms with Gasteiger partial charge in [-0.3, -0.25) is 0 Å². The van der Waals surface area contributed by atoms with Crippen LogP contribution in [0.5, 0.6) is 0 Å². The highest BCUT2D eigenvalue weighted by Gasteiger charge is 2.48. The highest BCUT2D eigenvalue weighted by atomic mass is 19.3. The van der Waals surface area contributed by atoms with Crippen molar-refractivity contribution in [1.29, 1.82) is 0 Å². The lowest BCUT2D eigenvalue weighted by Crippen LogP contribution is -2.33. The summed E-state index contributed by atoms with van der Waals surface area (Å²) in [5.74, 6) is -2.66. The van der Waals surface area contributed by atoms with Crippen LogP contribution < -0.4 is 5.73 Å². The summed E-state index contributed by atoms with van der Waals surface area (Å²) in [7, 11) is 0. The summed E-state index contributed by atoms with van der Waals surface area (Å²) in [4.78, 5) is 3.66. The molecule has 1 aromatic heterocycles. The lowest BCUT2D eigenvalue weighted by atomic mass is 9.81. The number of alkyl halides is 2. The highest BCUT2D eigenvalue weighted by Crippen LogP contribution is 2.47. The molecule has 12 heavy (non-hydrogen) atoms. The van der Waals surface area contributed by atoms with Gasteiger partial charge in [-0.2, -0.15) is 4.98 Å². The van der Waals surface area contributed by atoms with Gasteiger partial charge < -0.3 is 10.3 Å². The van der Waals surface area contributed by atoms with Crippen LogP contribution in [0, 0.1) is 0 Å². The molecule has 1 aromatic rings. The largest absolute Gasteiger partial charge is 0.365 e. The Kier molecular flexibility index (Phi) is 1.33. The maximum absolute atomic E-state index is 12.4. The third-order valence-corrected chi connectivity index (χ3v) is 1.90. The third kappa shape index (κ3) is 1.13. The summed E-state index contributed by atoms with van der Waals surface area (Å²) in [6, 6.07) is 0. The average Bonchev–Trinajstić information content (AvgIpc) is 2.30. The normalized spacial score (nSPS) is 22.2. The van der Waals surface area contributed by atoms with Crippen molar-refractivity contribution in [3.05, 3.63) is 5.89 Å². The van der Waals surface area contributed by atoms with E-state index in [1.54, 1.807) is 0 Å². The van der Waals surface area contributed by atoms with Crippen molar-refractivity contribution < 1.29 is 13.3 Å². The topological polar surface area (TPSA) is 64.9 Å². The van der Waals surface area contributed by atoms with E-state index in [0.29, 0.717) is 0 Å². The smallest absolute Gasteiger partial charge is 0.260 e. The van der Waals surface area contributed by atoms with E-state index >= 15 is 0 Å². The molecule has 2 rings (SSSR count). The lowest BCUT2D eigenvalue weighted by Gasteiger charge is -2.31. The Labute approximate surface area is 66.7 Å². The van der Waals surface area contributed by atoms with Crippen LogP contribution in [0.1, 0.15) is 24.7 Å². The van der Waals surface area contributed by atoms with E-state index in [1.807, 2.05) is 0 Å². The number of anilines is 1. The molecule has 0 bridgehead atoms. The number of halogens is 2. The van der Waals surface area contributed by atoms with E-state index in [1.165, 1.54) is 0 Å². The van der Waals surface area contributed by atoms with E-state index in [0.717, 1.165) is 0 Å².